The van der Waals surface area contributed by atoms with Crippen molar-refractivity contribution in [3.05, 3.63) is 71.1 Å². The molecule has 0 aliphatic carbocycles. The van der Waals surface area contributed by atoms with E-state index >= 15 is 0 Å². The van der Waals surface area contributed by atoms with Crippen molar-refractivity contribution in [2.45, 2.75) is 0 Å². The third-order valence-corrected chi connectivity index (χ3v) is 4.77. The molecule has 138 valence electrons. The molecular weight excluding hydrogens is 369 g/mol. The van der Waals surface area contributed by atoms with Crippen LogP contribution in [0.5, 0.6) is 0 Å². The number of carbonyl (C=O) groups is 1. The lowest BCUT2D eigenvalue weighted by atomic mass is 10.1. The minimum absolute atomic E-state index is 0.140. The molecule has 0 bridgehead atoms. The zero-order valence-corrected chi connectivity index (χ0v) is 15.2. The summed E-state index contributed by atoms with van der Waals surface area (Å²) < 4.78 is 20.1. The number of benzene rings is 2. The van der Waals surface area contributed by atoms with Gasteiger partial charge in [0.15, 0.2) is 0 Å². The van der Waals surface area contributed by atoms with Gasteiger partial charge in [-0.2, -0.15) is 5.10 Å². The SMILES string of the molecule is O=C(c1cc(-c2ccc(F)cc2)nn1-c1ccccc1Cl)N1CCOCC1. The number of halogens is 2. The Kier molecular flexibility index (Phi) is 4.92. The Morgan fingerprint density at radius 1 is 1.07 bits per heavy atom. The maximum atomic E-state index is 13.3. The molecule has 2 heterocycles. The van der Waals surface area contributed by atoms with Crippen LogP contribution in [0.2, 0.25) is 5.02 Å². The van der Waals surface area contributed by atoms with Crippen molar-refractivity contribution < 1.29 is 13.9 Å². The van der Waals surface area contributed by atoms with Gasteiger partial charge in [-0.15, -0.1) is 0 Å². The van der Waals surface area contributed by atoms with Crippen molar-refractivity contribution in [2.75, 3.05) is 26.3 Å². The van der Waals surface area contributed by atoms with Gasteiger partial charge in [0.2, 0.25) is 0 Å². The van der Waals surface area contributed by atoms with E-state index in [9.17, 15) is 9.18 Å². The lowest BCUT2D eigenvalue weighted by Gasteiger charge is -2.26. The Hall–Kier alpha value is -2.70. The monoisotopic (exact) mass is 385 g/mol. The van der Waals surface area contributed by atoms with Gasteiger partial charge in [0.1, 0.15) is 11.5 Å². The molecule has 4 rings (SSSR count). The number of rotatable bonds is 3. The molecule has 0 N–H and O–H groups in total. The molecule has 0 saturated carbocycles. The largest absolute Gasteiger partial charge is 0.378 e. The van der Waals surface area contributed by atoms with Crippen LogP contribution in [-0.4, -0.2) is 46.9 Å². The summed E-state index contributed by atoms with van der Waals surface area (Å²) in [6.45, 7) is 2.07. The van der Waals surface area contributed by atoms with Crippen molar-refractivity contribution in [1.82, 2.24) is 14.7 Å². The molecule has 1 saturated heterocycles. The van der Waals surface area contributed by atoms with E-state index in [1.165, 1.54) is 12.1 Å². The molecule has 2 aromatic carbocycles. The first-order chi connectivity index (χ1) is 13.1. The molecule has 0 atom stereocenters. The number of hydrogen-bond acceptors (Lipinski definition) is 3. The van der Waals surface area contributed by atoms with E-state index in [1.807, 2.05) is 12.1 Å². The average Bonchev–Trinajstić information content (AvgIpc) is 3.14. The van der Waals surface area contributed by atoms with Crippen molar-refractivity contribution in [2.24, 2.45) is 0 Å². The first kappa shape index (κ1) is 17.7. The number of morpholine rings is 1. The fourth-order valence-electron chi connectivity index (χ4n) is 3.03. The first-order valence-corrected chi connectivity index (χ1v) is 8.99. The van der Waals surface area contributed by atoms with Gasteiger partial charge in [-0.05, 0) is 42.5 Å². The van der Waals surface area contributed by atoms with Crippen molar-refractivity contribution in [1.29, 1.82) is 0 Å². The normalized spacial score (nSPS) is 14.4. The molecule has 1 aromatic heterocycles. The summed E-state index contributed by atoms with van der Waals surface area (Å²) in [6, 6.07) is 14.9. The van der Waals surface area contributed by atoms with E-state index in [0.717, 1.165) is 5.56 Å². The van der Waals surface area contributed by atoms with Crippen LogP contribution in [0.15, 0.2) is 54.6 Å². The van der Waals surface area contributed by atoms with Gasteiger partial charge < -0.3 is 9.64 Å². The lowest BCUT2D eigenvalue weighted by Crippen LogP contribution is -2.41. The van der Waals surface area contributed by atoms with E-state index in [2.05, 4.69) is 5.10 Å². The van der Waals surface area contributed by atoms with Crippen LogP contribution in [0.1, 0.15) is 10.5 Å². The Morgan fingerprint density at radius 2 is 1.78 bits per heavy atom. The molecule has 0 unspecified atom stereocenters. The number of aromatic nitrogens is 2. The van der Waals surface area contributed by atoms with Gasteiger partial charge in [-0.1, -0.05) is 23.7 Å². The summed E-state index contributed by atoms with van der Waals surface area (Å²) in [5.74, 6) is -0.465. The van der Waals surface area contributed by atoms with Crippen molar-refractivity contribution in [3.8, 4) is 16.9 Å². The molecular formula is C20H17ClFN3O2. The molecule has 27 heavy (non-hydrogen) atoms. The first-order valence-electron chi connectivity index (χ1n) is 8.61. The Morgan fingerprint density at radius 3 is 2.48 bits per heavy atom. The van der Waals surface area contributed by atoms with Crippen LogP contribution in [-0.2, 0) is 4.74 Å². The maximum absolute atomic E-state index is 13.3. The molecule has 1 aliphatic heterocycles. The molecule has 1 aliphatic rings. The highest BCUT2D eigenvalue weighted by molar-refractivity contribution is 6.32. The minimum Gasteiger partial charge on any atom is -0.378 e. The fourth-order valence-corrected chi connectivity index (χ4v) is 3.25. The minimum atomic E-state index is -0.325. The van der Waals surface area contributed by atoms with Crippen LogP contribution >= 0.6 is 11.6 Å². The molecule has 1 fully saturated rings. The van der Waals surface area contributed by atoms with E-state index < -0.39 is 0 Å². The third-order valence-electron chi connectivity index (χ3n) is 4.45. The van der Waals surface area contributed by atoms with Crippen LogP contribution in [0, 0.1) is 5.82 Å². The Balaban J connectivity index is 1.81. The van der Waals surface area contributed by atoms with E-state index in [0.29, 0.717) is 48.4 Å². The van der Waals surface area contributed by atoms with Gasteiger partial charge in [0.05, 0.1) is 29.6 Å². The Labute approximate surface area is 160 Å². The van der Waals surface area contributed by atoms with Gasteiger partial charge in [0, 0.05) is 18.7 Å². The number of carbonyl (C=O) groups excluding carboxylic acids is 1. The van der Waals surface area contributed by atoms with Crippen LogP contribution < -0.4 is 0 Å². The van der Waals surface area contributed by atoms with Crippen LogP contribution in [0.25, 0.3) is 16.9 Å². The topological polar surface area (TPSA) is 47.4 Å². The quantitative estimate of drug-likeness (QED) is 0.689. The summed E-state index contributed by atoms with van der Waals surface area (Å²) in [5, 5.41) is 5.08. The van der Waals surface area contributed by atoms with Gasteiger partial charge >= 0.3 is 0 Å². The predicted molar refractivity (Wildman–Crippen MR) is 101 cm³/mol. The van der Waals surface area contributed by atoms with Crippen LogP contribution in [0.4, 0.5) is 4.39 Å². The second kappa shape index (κ2) is 7.50. The predicted octanol–water partition coefficient (Wildman–Crippen LogP) is 3.80. The highest BCUT2D eigenvalue weighted by atomic mass is 35.5. The molecule has 1 amide bonds. The van der Waals surface area contributed by atoms with Gasteiger partial charge in [-0.3, -0.25) is 4.79 Å². The van der Waals surface area contributed by atoms with Crippen molar-refractivity contribution in [3.63, 3.8) is 0 Å². The number of amides is 1. The van der Waals surface area contributed by atoms with E-state index in [-0.39, 0.29) is 11.7 Å². The summed E-state index contributed by atoms with van der Waals surface area (Å²) in [6.07, 6.45) is 0. The number of hydrogen-bond donors (Lipinski definition) is 0. The van der Waals surface area contributed by atoms with Gasteiger partial charge in [-0.25, -0.2) is 9.07 Å². The highest BCUT2D eigenvalue weighted by Crippen LogP contribution is 2.26. The lowest BCUT2D eigenvalue weighted by molar-refractivity contribution is 0.0297. The average molecular weight is 386 g/mol. The molecule has 0 radical (unpaired) electrons. The highest BCUT2D eigenvalue weighted by Gasteiger charge is 2.25. The number of ether oxygens (including phenoxy) is 1. The molecule has 3 aromatic rings. The third kappa shape index (κ3) is 3.59. The standard InChI is InChI=1S/C20H17ClFN3O2/c21-16-3-1-2-4-18(16)25-19(20(26)24-9-11-27-12-10-24)13-17(23-25)14-5-7-15(22)8-6-14/h1-8,13H,9-12H2. The maximum Gasteiger partial charge on any atom is 0.272 e. The smallest absolute Gasteiger partial charge is 0.272 e. The fraction of sp³-hybridized carbons (Fsp3) is 0.200. The second-order valence-corrected chi connectivity index (χ2v) is 6.60. The molecule has 7 heteroatoms. The summed E-state index contributed by atoms with van der Waals surface area (Å²) in [4.78, 5) is 14.8. The zero-order valence-electron chi connectivity index (χ0n) is 14.4. The van der Waals surface area contributed by atoms with Gasteiger partial charge in [0.25, 0.3) is 5.91 Å². The van der Waals surface area contributed by atoms with Crippen molar-refractivity contribution >= 4 is 17.5 Å². The summed E-state index contributed by atoms with van der Waals surface area (Å²) in [7, 11) is 0. The Bertz CT molecular complexity index is 966. The van der Waals surface area contributed by atoms with E-state index in [4.69, 9.17) is 16.3 Å². The molecule has 5 nitrogen and oxygen atoms in total. The zero-order chi connectivity index (χ0) is 18.8. The van der Waals surface area contributed by atoms with Crippen LogP contribution in [0.3, 0.4) is 0 Å². The summed E-state index contributed by atoms with van der Waals surface area (Å²) >= 11 is 6.34. The molecule has 0 spiro atoms. The summed E-state index contributed by atoms with van der Waals surface area (Å²) in [5.41, 5.74) is 2.32. The number of para-hydroxylation sites is 1. The number of nitrogens with zero attached hydrogens (tertiary/aromatic N) is 3. The van der Waals surface area contributed by atoms with E-state index in [1.54, 1.807) is 39.9 Å². The second-order valence-electron chi connectivity index (χ2n) is 6.19.